The monoisotopic (exact) mass is 244 g/mol. The van der Waals surface area contributed by atoms with Crippen LogP contribution in [-0.2, 0) is 15.6 Å². The van der Waals surface area contributed by atoms with Crippen molar-refractivity contribution in [3.05, 3.63) is 29.8 Å². The van der Waals surface area contributed by atoms with Crippen LogP contribution in [-0.4, -0.2) is 15.2 Å². The fourth-order valence-corrected chi connectivity index (χ4v) is 3.33. The van der Waals surface area contributed by atoms with Gasteiger partial charge < -0.3 is 0 Å². The molecule has 0 aromatic heterocycles. The van der Waals surface area contributed by atoms with Crippen molar-refractivity contribution in [2.24, 2.45) is 0 Å². The van der Waals surface area contributed by atoms with Gasteiger partial charge in [-0.2, -0.15) is 0 Å². The molecule has 2 atom stereocenters. The molecule has 1 saturated carbocycles. The van der Waals surface area contributed by atoms with Gasteiger partial charge in [-0.25, -0.2) is 8.78 Å². The van der Waals surface area contributed by atoms with Crippen molar-refractivity contribution in [2.45, 2.75) is 29.4 Å². The van der Waals surface area contributed by atoms with Crippen LogP contribution in [0.5, 0.6) is 0 Å². The SMILES string of the molecule is O=C1CCCC1S(=O)c1cc(F)ccc1F. The summed E-state index contributed by atoms with van der Waals surface area (Å²) in [7, 11) is -1.78. The number of carbonyl (C=O) groups is 1. The Morgan fingerprint density at radius 2 is 2.06 bits per heavy atom. The molecule has 1 fully saturated rings. The molecule has 1 aromatic rings. The number of halogens is 2. The minimum Gasteiger partial charge on any atom is -0.298 e. The van der Waals surface area contributed by atoms with Crippen LogP contribution in [0.2, 0.25) is 0 Å². The Kier molecular flexibility index (Phi) is 3.14. The molecule has 0 radical (unpaired) electrons. The predicted octanol–water partition coefficient (Wildman–Crippen LogP) is 2.19. The van der Waals surface area contributed by atoms with Gasteiger partial charge >= 0.3 is 0 Å². The Hall–Kier alpha value is -1.10. The van der Waals surface area contributed by atoms with Gasteiger partial charge in [-0.1, -0.05) is 0 Å². The van der Waals surface area contributed by atoms with E-state index < -0.39 is 27.7 Å². The summed E-state index contributed by atoms with van der Waals surface area (Å²) in [6, 6.07) is 2.80. The molecule has 0 amide bonds. The minimum absolute atomic E-state index is 0.123. The lowest BCUT2D eigenvalue weighted by Gasteiger charge is -2.08. The van der Waals surface area contributed by atoms with Crippen LogP contribution in [0, 0.1) is 11.6 Å². The lowest BCUT2D eigenvalue weighted by Crippen LogP contribution is -2.20. The third kappa shape index (κ3) is 2.04. The maximum atomic E-state index is 13.3. The molecule has 0 N–H and O–H groups in total. The van der Waals surface area contributed by atoms with Crippen LogP contribution in [0.3, 0.4) is 0 Å². The van der Waals surface area contributed by atoms with Crippen LogP contribution in [0.15, 0.2) is 23.1 Å². The van der Waals surface area contributed by atoms with Crippen molar-refractivity contribution in [1.82, 2.24) is 0 Å². The van der Waals surface area contributed by atoms with E-state index in [-0.39, 0.29) is 10.7 Å². The Bertz CT molecular complexity index is 459. The third-order valence-electron chi connectivity index (χ3n) is 2.62. The van der Waals surface area contributed by atoms with Gasteiger partial charge in [0.25, 0.3) is 0 Å². The Balaban J connectivity index is 2.33. The summed E-state index contributed by atoms with van der Waals surface area (Å²) in [4.78, 5) is 11.2. The average Bonchev–Trinajstić information content (AvgIpc) is 2.67. The quantitative estimate of drug-likeness (QED) is 0.799. The standard InChI is InChI=1S/C11H10F2O2S/c12-7-4-5-8(13)11(6-7)16(15)10-3-1-2-9(10)14/h4-6,10H,1-3H2. The zero-order valence-electron chi connectivity index (χ0n) is 8.41. The zero-order valence-corrected chi connectivity index (χ0v) is 9.23. The van der Waals surface area contributed by atoms with Crippen LogP contribution in [0.1, 0.15) is 19.3 Å². The average molecular weight is 244 g/mol. The van der Waals surface area contributed by atoms with Crippen LogP contribution >= 0.6 is 0 Å². The van der Waals surface area contributed by atoms with Crippen molar-refractivity contribution in [1.29, 1.82) is 0 Å². The third-order valence-corrected chi connectivity index (χ3v) is 4.38. The Morgan fingerprint density at radius 3 is 2.69 bits per heavy atom. The predicted molar refractivity (Wildman–Crippen MR) is 55.4 cm³/mol. The van der Waals surface area contributed by atoms with E-state index in [2.05, 4.69) is 0 Å². The first kappa shape index (κ1) is 11.4. The van der Waals surface area contributed by atoms with Gasteiger partial charge in [-0.15, -0.1) is 0 Å². The highest BCUT2D eigenvalue weighted by Gasteiger charge is 2.32. The first-order valence-corrected chi connectivity index (χ1v) is 6.19. The highest BCUT2D eigenvalue weighted by molar-refractivity contribution is 7.86. The molecule has 2 rings (SSSR count). The lowest BCUT2D eigenvalue weighted by atomic mass is 10.3. The number of ketones is 1. The molecule has 2 unspecified atom stereocenters. The maximum Gasteiger partial charge on any atom is 0.148 e. The van der Waals surface area contributed by atoms with Crippen molar-refractivity contribution in [3.63, 3.8) is 0 Å². The second-order valence-corrected chi connectivity index (χ2v) is 5.32. The maximum absolute atomic E-state index is 13.3. The van der Waals surface area contributed by atoms with Gasteiger partial charge in [0.2, 0.25) is 0 Å². The van der Waals surface area contributed by atoms with Gasteiger partial charge in [0, 0.05) is 6.42 Å². The molecular weight excluding hydrogens is 234 g/mol. The highest BCUT2D eigenvalue weighted by Crippen LogP contribution is 2.25. The molecule has 0 bridgehead atoms. The number of Topliss-reactive ketones (excluding diaryl/α,β-unsaturated/α-hetero) is 1. The molecule has 1 aromatic carbocycles. The topological polar surface area (TPSA) is 34.1 Å². The summed E-state index contributed by atoms with van der Waals surface area (Å²) in [6.45, 7) is 0. The molecule has 0 spiro atoms. The number of carbonyl (C=O) groups excluding carboxylic acids is 1. The smallest absolute Gasteiger partial charge is 0.148 e. The number of benzene rings is 1. The molecule has 0 saturated heterocycles. The van der Waals surface area contributed by atoms with Gasteiger partial charge in [0.05, 0.1) is 20.9 Å². The van der Waals surface area contributed by atoms with E-state index in [9.17, 15) is 17.8 Å². The minimum atomic E-state index is -1.78. The van der Waals surface area contributed by atoms with Gasteiger partial charge in [0.1, 0.15) is 17.4 Å². The van der Waals surface area contributed by atoms with E-state index in [0.29, 0.717) is 19.3 Å². The largest absolute Gasteiger partial charge is 0.298 e. The van der Waals surface area contributed by atoms with E-state index in [1.54, 1.807) is 0 Å². The Labute approximate surface area is 94.1 Å². The molecule has 0 aliphatic heterocycles. The van der Waals surface area contributed by atoms with E-state index >= 15 is 0 Å². The van der Waals surface area contributed by atoms with E-state index in [4.69, 9.17) is 0 Å². The summed E-state index contributed by atoms with van der Waals surface area (Å²) in [5.74, 6) is -1.49. The van der Waals surface area contributed by atoms with Crippen LogP contribution in [0.4, 0.5) is 8.78 Å². The molecule has 5 heteroatoms. The van der Waals surface area contributed by atoms with Gasteiger partial charge in [-0.3, -0.25) is 9.00 Å². The lowest BCUT2D eigenvalue weighted by molar-refractivity contribution is -0.117. The second-order valence-electron chi connectivity index (χ2n) is 3.72. The molecule has 16 heavy (non-hydrogen) atoms. The second kappa shape index (κ2) is 4.41. The summed E-state index contributed by atoms with van der Waals surface area (Å²) in [5.41, 5.74) is 0. The van der Waals surface area contributed by atoms with Crippen molar-refractivity contribution >= 4 is 16.6 Å². The first-order chi connectivity index (χ1) is 7.59. The van der Waals surface area contributed by atoms with Gasteiger partial charge in [0.15, 0.2) is 0 Å². The summed E-state index contributed by atoms with van der Waals surface area (Å²) < 4.78 is 38.1. The summed E-state index contributed by atoms with van der Waals surface area (Å²) in [5, 5.41) is -0.670. The van der Waals surface area contributed by atoms with Crippen molar-refractivity contribution in [3.8, 4) is 0 Å². The fourth-order valence-electron chi connectivity index (χ4n) is 1.79. The normalized spacial score (nSPS) is 22.4. The number of hydrogen-bond donors (Lipinski definition) is 0. The molecule has 1 aliphatic rings. The molecule has 0 heterocycles. The van der Waals surface area contributed by atoms with Crippen molar-refractivity contribution in [2.75, 3.05) is 0 Å². The van der Waals surface area contributed by atoms with Crippen LogP contribution in [0.25, 0.3) is 0 Å². The van der Waals surface area contributed by atoms with Gasteiger partial charge in [-0.05, 0) is 31.0 Å². The molecule has 2 nitrogen and oxygen atoms in total. The number of hydrogen-bond acceptors (Lipinski definition) is 2. The Morgan fingerprint density at radius 1 is 1.31 bits per heavy atom. The molecule has 1 aliphatic carbocycles. The van der Waals surface area contributed by atoms with Crippen LogP contribution < -0.4 is 0 Å². The molecular formula is C11H10F2O2S. The van der Waals surface area contributed by atoms with Crippen molar-refractivity contribution < 1.29 is 17.8 Å². The van der Waals surface area contributed by atoms with E-state index in [1.165, 1.54) is 0 Å². The van der Waals surface area contributed by atoms with E-state index in [1.807, 2.05) is 0 Å². The molecule has 86 valence electrons. The van der Waals surface area contributed by atoms with E-state index in [0.717, 1.165) is 18.2 Å². The summed E-state index contributed by atoms with van der Waals surface area (Å²) in [6.07, 6.45) is 1.54. The summed E-state index contributed by atoms with van der Waals surface area (Å²) >= 11 is 0. The first-order valence-electron chi connectivity index (χ1n) is 4.98. The fraction of sp³-hybridized carbons (Fsp3) is 0.364. The zero-order chi connectivity index (χ0) is 11.7. The highest BCUT2D eigenvalue weighted by atomic mass is 32.2. The number of rotatable bonds is 2.